The van der Waals surface area contributed by atoms with Gasteiger partial charge in [0.2, 0.25) is 0 Å². The summed E-state index contributed by atoms with van der Waals surface area (Å²) >= 11 is 5.08. The van der Waals surface area contributed by atoms with Crippen LogP contribution in [-0.2, 0) is 4.74 Å². The standard InChI is InChI=1S/C14H28OS/c1-3-5-6-7-8-9-10-11-13-15-14(16)12-4-2/h3-13H2,1-2H3. The first-order valence-electron chi connectivity index (χ1n) is 6.96. The van der Waals surface area contributed by atoms with Crippen LogP contribution in [0.25, 0.3) is 0 Å². The van der Waals surface area contributed by atoms with Crippen molar-refractivity contribution in [2.24, 2.45) is 0 Å². The summed E-state index contributed by atoms with van der Waals surface area (Å²) in [5.74, 6) is 0. The van der Waals surface area contributed by atoms with Crippen molar-refractivity contribution in [3.63, 3.8) is 0 Å². The summed E-state index contributed by atoms with van der Waals surface area (Å²) < 4.78 is 5.46. The molecule has 0 aliphatic heterocycles. The molecule has 0 amide bonds. The molecule has 0 saturated heterocycles. The molecule has 0 unspecified atom stereocenters. The predicted octanol–water partition coefficient (Wildman–Crippen LogP) is 5.27. The maximum absolute atomic E-state index is 5.46. The fourth-order valence-corrected chi connectivity index (χ4v) is 1.99. The Hall–Kier alpha value is -0.110. The number of rotatable bonds is 11. The molecule has 2 heteroatoms. The van der Waals surface area contributed by atoms with Crippen LogP contribution < -0.4 is 0 Å². The first-order valence-corrected chi connectivity index (χ1v) is 7.37. The Balaban J connectivity index is 3.01. The monoisotopic (exact) mass is 244 g/mol. The SMILES string of the molecule is CCCCCCCCCCOC(=S)CCC. The van der Waals surface area contributed by atoms with Crippen molar-refractivity contribution in [3.8, 4) is 0 Å². The van der Waals surface area contributed by atoms with Gasteiger partial charge in [0, 0.05) is 6.42 Å². The zero-order chi connectivity index (χ0) is 12.1. The molecule has 0 heterocycles. The molecule has 16 heavy (non-hydrogen) atoms. The molecule has 0 radical (unpaired) electrons. The molecule has 0 saturated carbocycles. The van der Waals surface area contributed by atoms with Crippen LogP contribution in [0.3, 0.4) is 0 Å². The van der Waals surface area contributed by atoms with Gasteiger partial charge in [0.25, 0.3) is 0 Å². The number of unbranched alkanes of at least 4 members (excludes halogenated alkanes) is 7. The van der Waals surface area contributed by atoms with E-state index in [9.17, 15) is 0 Å². The van der Waals surface area contributed by atoms with Crippen LogP contribution in [0.1, 0.15) is 78.1 Å². The first kappa shape index (κ1) is 15.9. The summed E-state index contributed by atoms with van der Waals surface area (Å²) in [5, 5.41) is 0.797. The van der Waals surface area contributed by atoms with Crippen molar-refractivity contribution >= 4 is 17.3 Å². The second-order valence-corrected chi connectivity index (χ2v) is 4.90. The van der Waals surface area contributed by atoms with Crippen molar-refractivity contribution < 1.29 is 4.74 Å². The molecular weight excluding hydrogens is 216 g/mol. The van der Waals surface area contributed by atoms with Crippen LogP contribution in [0.4, 0.5) is 0 Å². The van der Waals surface area contributed by atoms with E-state index in [2.05, 4.69) is 13.8 Å². The van der Waals surface area contributed by atoms with E-state index >= 15 is 0 Å². The molecule has 0 aliphatic rings. The molecule has 0 bridgehead atoms. The summed E-state index contributed by atoms with van der Waals surface area (Å²) in [4.78, 5) is 0. The van der Waals surface area contributed by atoms with Gasteiger partial charge in [-0.2, -0.15) is 0 Å². The van der Waals surface area contributed by atoms with E-state index in [1.807, 2.05) is 0 Å². The van der Waals surface area contributed by atoms with Crippen LogP contribution in [0, 0.1) is 0 Å². The highest BCUT2D eigenvalue weighted by molar-refractivity contribution is 7.80. The average Bonchev–Trinajstić information content (AvgIpc) is 2.27. The van der Waals surface area contributed by atoms with Gasteiger partial charge in [-0.1, -0.05) is 58.8 Å². The summed E-state index contributed by atoms with van der Waals surface area (Å²) in [6.45, 7) is 5.22. The molecule has 96 valence electrons. The largest absolute Gasteiger partial charge is 0.487 e. The highest BCUT2D eigenvalue weighted by Crippen LogP contribution is 2.08. The van der Waals surface area contributed by atoms with Crippen molar-refractivity contribution in [2.75, 3.05) is 6.61 Å². The van der Waals surface area contributed by atoms with E-state index in [-0.39, 0.29) is 0 Å². The Labute approximate surface area is 107 Å². The number of thiocarbonyl (C=S) groups is 1. The predicted molar refractivity (Wildman–Crippen MR) is 76.1 cm³/mol. The van der Waals surface area contributed by atoms with Gasteiger partial charge in [-0.3, -0.25) is 0 Å². The number of ether oxygens (including phenoxy) is 1. The van der Waals surface area contributed by atoms with Crippen molar-refractivity contribution in [1.29, 1.82) is 0 Å². The minimum absolute atomic E-state index is 0.797. The average molecular weight is 244 g/mol. The Morgan fingerprint density at radius 3 is 1.94 bits per heavy atom. The third-order valence-corrected chi connectivity index (χ3v) is 3.04. The molecule has 0 fully saturated rings. The van der Waals surface area contributed by atoms with Gasteiger partial charge in [-0.25, -0.2) is 0 Å². The third-order valence-electron chi connectivity index (χ3n) is 2.72. The van der Waals surface area contributed by atoms with Gasteiger partial charge in [-0.15, -0.1) is 0 Å². The summed E-state index contributed by atoms with van der Waals surface area (Å²) in [6.07, 6.45) is 12.8. The molecular formula is C14H28OS. The van der Waals surface area contributed by atoms with Crippen molar-refractivity contribution in [2.45, 2.75) is 78.1 Å². The molecule has 1 nitrogen and oxygen atoms in total. The minimum atomic E-state index is 0.797. The fourth-order valence-electron chi connectivity index (χ4n) is 1.70. The van der Waals surface area contributed by atoms with E-state index in [1.54, 1.807) is 0 Å². The molecule has 0 aromatic carbocycles. The van der Waals surface area contributed by atoms with Crippen LogP contribution in [0.5, 0.6) is 0 Å². The highest BCUT2D eigenvalue weighted by atomic mass is 32.1. The summed E-state index contributed by atoms with van der Waals surface area (Å²) in [5.41, 5.74) is 0. The van der Waals surface area contributed by atoms with Crippen molar-refractivity contribution in [3.05, 3.63) is 0 Å². The molecule has 0 atom stereocenters. The van der Waals surface area contributed by atoms with Crippen LogP contribution in [-0.4, -0.2) is 11.7 Å². The molecule has 0 rings (SSSR count). The van der Waals surface area contributed by atoms with Gasteiger partial charge in [0.15, 0.2) is 5.05 Å². The zero-order valence-corrected chi connectivity index (χ0v) is 11.9. The molecule has 0 aliphatic carbocycles. The Bertz CT molecular complexity index is 157. The lowest BCUT2D eigenvalue weighted by molar-refractivity contribution is 0.291. The quantitative estimate of drug-likeness (QED) is 0.361. The van der Waals surface area contributed by atoms with Crippen LogP contribution in [0.2, 0.25) is 0 Å². The van der Waals surface area contributed by atoms with Gasteiger partial charge >= 0.3 is 0 Å². The Morgan fingerprint density at radius 2 is 1.38 bits per heavy atom. The van der Waals surface area contributed by atoms with E-state index in [0.29, 0.717) is 0 Å². The second-order valence-electron chi connectivity index (χ2n) is 4.45. The van der Waals surface area contributed by atoms with Crippen molar-refractivity contribution in [1.82, 2.24) is 0 Å². The smallest absolute Gasteiger partial charge is 0.159 e. The Kier molecular flexibility index (Phi) is 12.9. The number of hydrogen-bond acceptors (Lipinski definition) is 2. The third kappa shape index (κ3) is 12.0. The normalized spacial score (nSPS) is 10.4. The minimum Gasteiger partial charge on any atom is -0.487 e. The lowest BCUT2D eigenvalue weighted by atomic mass is 10.1. The van der Waals surface area contributed by atoms with E-state index in [0.717, 1.165) is 30.9 Å². The number of hydrogen-bond donors (Lipinski definition) is 0. The first-order chi connectivity index (χ1) is 7.81. The molecule has 0 aromatic heterocycles. The van der Waals surface area contributed by atoms with Crippen LogP contribution in [0.15, 0.2) is 0 Å². The molecule has 0 spiro atoms. The van der Waals surface area contributed by atoms with Gasteiger partial charge in [0.1, 0.15) is 0 Å². The van der Waals surface area contributed by atoms with E-state index in [1.165, 1.54) is 44.9 Å². The van der Waals surface area contributed by atoms with E-state index in [4.69, 9.17) is 17.0 Å². The van der Waals surface area contributed by atoms with Gasteiger partial charge in [-0.05, 0) is 25.1 Å². The summed E-state index contributed by atoms with van der Waals surface area (Å²) in [7, 11) is 0. The second kappa shape index (κ2) is 13.0. The lowest BCUT2D eigenvalue weighted by Crippen LogP contribution is -2.02. The highest BCUT2D eigenvalue weighted by Gasteiger charge is 1.96. The van der Waals surface area contributed by atoms with E-state index < -0.39 is 0 Å². The topological polar surface area (TPSA) is 9.23 Å². The maximum atomic E-state index is 5.46. The Morgan fingerprint density at radius 1 is 0.812 bits per heavy atom. The lowest BCUT2D eigenvalue weighted by Gasteiger charge is -2.06. The molecule has 0 N–H and O–H groups in total. The van der Waals surface area contributed by atoms with Gasteiger partial charge in [0.05, 0.1) is 6.61 Å². The fraction of sp³-hybridized carbons (Fsp3) is 0.929. The maximum Gasteiger partial charge on any atom is 0.159 e. The van der Waals surface area contributed by atoms with Gasteiger partial charge < -0.3 is 4.74 Å². The van der Waals surface area contributed by atoms with Crippen LogP contribution >= 0.6 is 12.2 Å². The zero-order valence-electron chi connectivity index (χ0n) is 11.1. The molecule has 0 aromatic rings. The summed E-state index contributed by atoms with van der Waals surface area (Å²) in [6, 6.07) is 0.